The predicted molar refractivity (Wildman–Crippen MR) is 48.0 cm³/mol. The van der Waals surface area contributed by atoms with Gasteiger partial charge in [-0.3, -0.25) is 4.79 Å². The van der Waals surface area contributed by atoms with Crippen LogP contribution in [0, 0.1) is 5.92 Å². The first-order valence-electron chi connectivity index (χ1n) is 4.70. The number of amides is 1. The Morgan fingerprint density at radius 3 is 2.13 bits per heavy atom. The second-order valence-corrected chi connectivity index (χ2v) is 3.57. The van der Waals surface area contributed by atoms with Crippen LogP contribution in [-0.2, 0) is 4.79 Å². The van der Waals surface area contributed by atoms with Crippen molar-refractivity contribution in [2.75, 3.05) is 0 Å². The Kier molecular flexibility index (Phi) is 5.03. The Hall–Kier alpha value is -0.810. The van der Waals surface area contributed by atoms with Crippen LogP contribution in [0.3, 0.4) is 0 Å². The van der Waals surface area contributed by atoms with Crippen molar-refractivity contribution in [2.45, 2.75) is 45.6 Å². The van der Waals surface area contributed by atoms with Gasteiger partial charge >= 0.3 is 12.3 Å². The Labute approximate surface area is 86.0 Å². The van der Waals surface area contributed by atoms with E-state index >= 15 is 0 Å². The quantitative estimate of drug-likeness (QED) is 0.721. The van der Waals surface area contributed by atoms with Gasteiger partial charge in [-0.2, -0.15) is 8.78 Å². The van der Waals surface area contributed by atoms with E-state index in [4.69, 9.17) is 0 Å². The van der Waals surface area contributed by atoms with E-state index in [0.29, 0.717) is 6.42 Å². The lowest BCUT2D eigenvalue weighted by atomic mass is 10.0. The molecule has 15 heavy (non-hydrogen) atoms. The fraction of sp³-hybridized carbons (Fsp3) is 0.889. The Morgan fingerprint density at radius 1 is 1.33 bits per heavy atom. The monoisotopic (exact) mass is 229 g/mol. The fourth-order valence-corrected chi connectivity index (χ4v) is 0.898. The van der Waals surface area contributed by atoms with Crippen LogP contribution < -0.4 is 5.32 Å². The minimum absolute atomic E-state index is 0.0394. The summed E-state index contributed by atoms with van der Waals surface area (Å²) in [6.45, 7) is 5.07. The molecule has 2 unspecified atom stereocenters. The van der Waals surface area contributed by atoms with Gasteiger partial charge in [0.1, 0.15) is 0 Å². The molecule has 0 aromatic rings. The number of carbonyl (C=O) groups excluding carboxylic acids is 1. The van der Waals surface area contributed by atoms with Crippen molar-refractivity contribution in [3.63, 3.8) is 0 Å². The minimum Gasteiger partial charge on any atom is -0.348 e. The maximum Gasteiger partial charge on any atom is 0.383 e. The van der Waals surface area contributed by atoms with E-state index in [2.05, 4.69) is 0 Å². The molecule has 2 atom stereocenters. The predicted octanol–water partition coefficient (Wildman–Crippen LogP) is 2.44. The first-order valence-corrected chi connectivity index (χ1v) is 4.70. The second-order valence-electron chi connectivity index (χ2n) is 3.57. The molecule has 0 aliphatic rings. The zero-order valence-electron chi connectivity index (χ0n) is 8.86. The van der Waals surface area contributed by atoms with Crippen molar-refractivity contribution in [1.29, 1.82) is 0 Å². The van der Waals surface area contributed by atoms with Crippen molar-refractivity contribution in [3.05, 3.63) is 0 Å². The fourth-order valence-electron chi connectivity index (χ4n) is 0.898. The average Bonchev–Trinajstić information content (AvgIpc) is 2.15. The third kappa shape index (κ3) is 3.68. The lowest BCUT2D eigenvalue weighted by Gasteiger charge is -2.22. The highest BCUT2D eigenvalue weighted by molar-refractivity contribution is 5.84. The number of halogens is 4. The van der Waals surface area contributed by atoms with Gasteiger partial charge in [0.25, 0.3) is 5.91 Å². The molecule has 1 amide bonds. The molecule has 0 saturated carbocycles. The highest BCUT2D eigenvalue weighted by Crippen LogP contribution is 2.23. The first-order chi connectivity index (χ1) is 6.73. The normalized spacial score (nSPS) is 16.3. The third-order valence-corrected chi connectivity index (χ3v) is 2.43. The van der Waals surface area contributed by atoms with Gasteiger partial charge in [0, 0.05) is 6.04 Å². The van der Waals surface area contributed by atoms with Gasteiger partial charge < -0.3 is 5.32 Å². The summed E-state index contributed by atoms with van der Waals surface area (Å²) in [5.74, 6) is -6.56. The van der Waals surface area contributed by atoms with E-state index in [9.17, 15) is 22.4 Å². The van der Waals surface area contributed by atoms with Crippen LogP contribution >= 0.6 is 0 Å². The van der Waals surface area contributed by atoms with Gasteiger partial charge in [0.05, 0.1) is 0 Å². The van der Waals surface area contributed by atoms with Crippen LogP contribution in [0.25, 0.3) is 0 Å². The molecule has 0 spiro atoms. The van der Waals surface area contributed by atoms with E-state index < -0.39 is 24.3 Å². The first kappa shape index (κ1) is 14.2. The molecule has 0 heterocycles. The highest BCUT2D eigenvalue weighted by atomic mass is 19.3. The topological polar surface area (TPSA) is 29.1 Å². The van der Waals surface area contributed by atoms with Crippen molar-refractivity contribution in [1.82, 2.24) is 5.32 Å². The maximum atomic E-state index is 12.5. The Balaban J connectivity index is 4.37. The number of hydrogen-bond acceptors (Lipinski definition) is 1. The number of alkyl halides is 4. The molecule has 0 aliphatic heterocycles. The summed E-state index contributed by atoms with van der Waals surface area (Å²) in [4.78, 5) is 10.8. The molecule has 6 heteroatoms. The van der Waals surface area contributed by atoms with Crippen molar-refractivity contribution < 1.29 is 22.4 Å². The molecule has 0 fully saturated rings. The smallest absolute Gasteiger partial charge is 0.348 e. The molecule has 0 aliphatic carbocycles. The summed E-state index contributed by atoms with van der Waals surface area (Å²) in [5, 5.41) is 1.88. The largest absolute Gasteiger partial charge is 0.383 e. The van der Waals surface area contributed by atoms with Gasteiger partial charge in [0.15, 0.2) is 0 Å². The summed E-state index contributed by atoms with van der Waals surface area (Å²) >= 11 is 0. The van der Waals surface area contributed by atoms with Crippen LogP contribution in [0.4, 0.5) is 17.6 Å². The van der Waals surface area contributed by atoms with Crippen LogP contribution in [0.2, 0.25) is 0 Å². The number of carbonyl (C=O) groups is 1. The number of hydrogen-bond donors (Lipinski definition) is 1. The molecule has 0 rings (SSSR count). The van der Waals surface area contributed by atoms with Crippen molar-refractivity contribution in [2.24, 2.45) is 5.92 Å². The SMILES string of the molecule is CCC(C)C(C)NC(=O)C(F)(F)C(F)F. The molecular weight excluding hydrogens is 214 g/mol. The van der Waals surface area contributed by atoms with E-state index in [1.807, 2.05) is 12.2 Å². The molecule has 0 saturated heterocycles. The lowest BCUT2D eigenvalue weighted by molar-refractivity contribution is -0.170. The van der Waals surface area contributed by atoms with Crippen LogP contribution in [0.1, 0.15) is 27.2 Å². The van der Waals surface area contributed by atoms with Gasteiger partial charge in [-0.15, -0.1) is 0 Å². The molecule has 90 valence electrons. The summed E-state index contributed by atoms with van der Waals surface area (Å²) in [6, 6.07) is -0.549. The highest BCUT2D eigenvalue weighted by Gasteiger charge is 2.49. The van der Waals surface area contributed by atoms with Crippen LogP contribution in [0.5, 0.6) is 0 Å². The Bertz CT molecular complexity index is 220. The van der Waals surface area contributed by atoms with E-state index in [1.165, 1.54) is 6.92 Å². The summed E-state index contributed by atoms with van der Waals surface area (Å²) in [7, 11) is 0. The summed E-state index contributed by atoms with van der Waals surface area (Å²) in [5.41, 5.74) is 0. The van der Waals surface area contributed by atoms with Crippen molar-refractivity contribution in [3.8, 4) is 0 Å². The van der Waals surface area contributed by atoms with Gasteiger partial charge in [-0.05, 0) is 12.8 Å². The van der Waals surface area contributed by atoms with Gasteiger partial charge in [-0.25, -0.2) is 8.78 Å². The average molecular weight is 229 g/mol. The summed E-state index contributed by atoms with van der Waals surface area (Å²) < 4.78 is 48.6. The van der Waals surface area contributed by atoms with Gasteiger partial charge in [0.2, 0.25) is 0 Å². The number of nitrogens with one attached hydrogen (secondary N) is 1. The molecule has 2 nitrogen and oxygen atoms in total. The standard InChI is InChI=1S/C9H15F4NO/c1-4-5(2)6(3)14-8(15)9(12,13)7(10)11/h5-7H,4H2,1-3H3,(H,14,15). The van der Waals surface area contributed by atoms with Crippen molar-refractivity contribution >= 4 is 5.91 Å². The third-order valence-electron chi connectivity index (χ3n) is 2.43. The van der Waals surface area contributed by atoms with E-state index in [-0.39, 0.29) is 5.92 Å². The molecule has 1 N–H and O–H groups in total. The molecule has 0 aromatic heterocycles. The second kappa shape index (κ2) is 5.32. The van der Waals surface area contributed by atoms with Crippen LogP contribution in [0.15, 0.2) is 0 Å². The van der Waals surface area contributed by atoms with Gasteiger partial charge in [-0.1, -0.05) is 20.3 Å². The van der Waals surface area contributed by atoms with E-state index in [1.54, 1.807) is 6.92 Å². The number of rotatable bonds is 5. The zero-order chi connectivity index (χ0) is 12.2. The zero-order valence-corrected chi connectivity index (χ0v) is 8.86. The molecule has 0 aromatic carbocycles. The molecule has 0 bridgehead atoms. The van der Waals surface area contributed by atoms with Crippen LogP contribution in [-0.4, -0.2) is 24.3 Å². The Morgan fingerprint density at radius 2 is 1.80 bits per heavy atom. The minimum atomic E-state index is -4.61. The maximum absolute atomic E-state index is 12.5. The summed E-state index contributed by atoms with van der Waals surface area (Å²) in [6.07, 6.45) is -3.30. The molecular formula is C9H15F4NO. The van der Waals surface area contributed by atoms with E-state index in [0.717, 1.165) is 0 Å². The lowest BCUT2D eigenvalue weighted by Crippen LogP contribution is -2.49. The molecule has 0 radical (unpaired) electrons.